The molecule has 0 unspecified atom stereocenters. The Morgan fingerprint density at radius 3 is 2.70 bits per heavy atom. The van der Waals surface area contributed by atoms with Gasteiger partial charge in [-0.05, 0) is 44.7 Å². The number of piperidine rings is 1. The molecule has 27 heavy (non-hydrogen) atoms. The van der Waals surface area contributed by atoms with Crippen molar-refractivity contribution in [3.8, 4) is 0 Å². The number of aromatic nitrogens is 1. The zero-order valence-corrected chi connectivity index (χ0v) is 15.5. The molecular formula is C20H23N3O4. The molecule has 1 atom stereocenters. The Labute approximate surface area is 157 Å². The first-order valence-corrected chi connectivity index (χ1v) is 9.02. The number of esters is 1. The van der Waals surface area contributed by atoms with Crippen LogP contribution in [0.15, 0.2) is 24.3 Å². The van der Waals surface area contributed by atoms with Crippen LogP contribution in [0, 0.1) is 13.8 Å². The molecule has 0 aliphatic carbocycles. The zero-order valence-electron chi connectivity index (χ0n) is 15.5. The summed E-state index contributed by atoms with van der Waals surface area (Å²) in [5.41, 5.74) is 7.88. The molecule has 142 valence electrons. The van der Waals surface area contributed by atoms with Crippen molar-refractivity contribution >= 4 is 28.7 Å². The number of benzene rings is 1. The second-order valence-electron chi connectivity index (χ2n) is 6.79. The number of primary amides is 1. The predicted molar refractivity (Wildman–Crippen MR) is 100 cm³/mol. The SMILES string of the molecule is Cc1nc2ccccc2c(C)c1C(=O)OCC(=O)N1CCCC[C@@H]1C(N)=O. The highest BCUT2D eigenvalue weighted by Crippen LogP contribution is 2.23. The van der Waals surface area contributed by atoms with E-state index in [1.807, 2.05) is 31.2 Å². The maximum atomic E-state index is 12.6. The van der Waals surface area contributed by atoms with Crippen LogP contribution in [0.4, 0.5) is 0 Å². The van der Waals surface area contributed by atoms with E-state index in [4.69, 9.17) is 10.5 Å². The molecule has 0 saturated carbocycles. The van der Waals surface area contributed by atoms with Crippen molar-refractivity contribution < 1.29 is 19.1 Å². The fourth-order valence-corrected chi connectivity index (χ4v) is 3.64. The number of carbonyl (C=O) groups excluding carboxylic acids is 3. The summed E-state index contributed by atoms with van der Waals surface area (Å²) in [6.45, 7) is 3.60. The minimum Gasteiger partial charge on any atom is -0.452 e. The number of likely N-dealkylation sites (tertiary alicyclic amines) is 1. The van der Waals surface area contributed by atoms with Gasteiger partial charge >= 0.3 is 5.97 Å². The van der Waals surface area contributed by atoms with Gasteiger partial charge in [-0.15, -0.1) is 0 Å². The van der Waals surface area contributed by atoms with Crippen molar-refractivity contribution in [1.82, 2.24) is 9.88 Å². The van der Waals surface area contributed by atoms with Gasteiger partial charge < -0.3 is 15.4 Å². The van der Waals surface area contributed by atoms with Crippen LogP contribution in [0.2, 0.25) is 0 Å². The molecule has 7 heteroatoms. The number of pyridine rings is 1. The molecule has 0 spiro atoms. The van der Waals surface area contributed by atoms with Gasteiger partial charge in [0.1, 0.15) is 6.04 Å². The normalized spacial score (nSPS) is 17.0. The minimum absolute atomic E-state index is 0.367. The third-order valence-corrected chi connectivity index (χ3v) is 5.02. The van der Waals surface area contributed by atoms with Crippen LogP contribution in [-0.2, 0) is 14.3 Å². The number of ether oxygens (including phenoxy) is 1. The average molecular weight is 369 g/mol. The smallest absolute Gasteiger partial charge is 0.340 e. The Hall–Kier alpha value is -2.96. The predicted octanol–water partition coefficient (Wildman–Crippen LogP) is 1.87. The van der Waals surface area contributed by atoms with Gasteiger partial charge in [-0.3, -0.25) is 14.6 Å². The van der Waals surface area contributed by atoms with Gasteiger partial charge in [-0.25, -0.2) is 4.79 Å². The summed E-state index contributed by atoms with van der Waals surface area (Å²) >= 11 is 0. The van der Waals surface area contributed by atoms with E-state index in [1.54, 1.807) is 6.92 Å². The highest BCUT2D eigenvalue weighted by molar-refractivity contribution is 5.99. The summed E-state index contributed by atoms with van der Waals surface area (Å²) in [4.78, 5) is 42.5. The first-order chi connectivity index (χ1) is 12.9. The number of nitrogens with two attached hydrogens (primary N) is 1. The summed E-state index contributed by atoms with van der Waals surface area (Å²) in [6, 6.07) is 6.92. The molecule has 1 fully saturated rings. The number of carbonyl (C=O) groups is 3. The van der Waals surface area contributed by atoms with Crippen molar-refractivity contribution in [2.75, 3.05) is 13.2 Å². The molecule has 0 bridgehead atoms. The first-order valence-electron chi connectivity index (χ1n) is 9.02. The van der Waals surface area contributed by atoms with Gasteiger partial charge in [0.15, 0.2) is 6.61 Å². The number of hydrogen-bond acceptors (Lipinski definition) is 5. The summed E-state index contributed by atoms with van der Waals surface area (Å²) in [5, 5.41) is 0.867. The minimum atomic E-state index is -0.629. The van der Waals surface area contributed by atoms with Gasteiger partial charge in [0.05, 0.1) is 16.8 Å². The van der Waals surface area contributed by atoms with Gasteiger partial charge in [0, 0.05) is 11.9 Å². The van der Waals surface area contributed by atoms with Crippen LogP contribution in [-0.4, -0.2) is 46.9 Å². The number of rotatable bonds is 4. The van der Waals surface area contributed by atoms with Crippen molar-refractivity contribution in [3.63, 3.8) is 0 Å². The van der Waals surface area contributed by atoms with Crippen molar-refractivity contribution in [2.24, 2.45) is 5.73 Å². The molecule has 1 aliphatic heterocycles. The molecule has 1 saturated heterocycles. The molecule has 1 aromatic carbocycles. The molecule has 2 N–H and O–H groups in total. The molecule has 2 amide bonds. The summed E-state index contributed by atoms with van der Waals surface area (Å²) in [5.74, 6) is -1.53. The van der Waals surface area contributed by atoms with E-state index in [0.29, 0.717) is 24.2 Å². The number of fused-ring (bicyclic) bond motifs is 1. The number of nitrogens with zero attached hydrogens (tertiary/aromatic N) is 2. The molecule has 7 nitrogen and oxygen atoms in total. The maximum absolute atomic E-state index is 12.6. The molecule has 1 aromatic heterocycles. The largest absolute Gasteiger partial charge is 0.452 e. The van der Waals surface area contributed by atoms with Crippen LogP contribution < -0.4 is 5.73 Å². The van der Waals surface area contributed by atoms with E-state index in [2.05, 4.69) is 4.98 Å². The summed E-state index contributed by atoms with van der Waals surface area (Å²) < 4.78 is 5.26. The standard InChI is InChI=1S/C20H23N3O4/c1-12-14-7-3-4-8-15(14)22-13(2)18(12)20(26)27-11-17(24)23-10-6-5-9-16(23)19(21)25/h3-4,7-8,16H,5-6,9-11H2,1-2H3,(H2,21,25)/t16-/m1/s1. The number of hydrogen-bond donors (Lipinski definition) is 1. The fourth-order valence-electron chi connectivity index (χ4n) is 3.64. The lowest BCUT2D eigenvalue weighted by Crippen LogP contribution is -2.51. The molecule has 2 aromatic rings. The Balaban J connectivity index is 1.75. The monoisotopic (exact) mass is 369 g/mol. The lowest BCUT2D eigenvalue weighted by molar-refractivity contribution is -0.143. The van der Waals surface area contributed by atoms with E-state index in [-0.39, 0.29) is 0 Å². The Kier molecular flexibility index (Phi) is 5.39. The first kappa shape index (κ1) is 18.8. The second-order valence-corrected chi connectivity index (χ2v) is 6.79. The Morgan fingerprint density at radius 1 is 1.22 bits per heavy atom. The van der Waals surface area contributed by atoms with E-state index < -0.39 is 30.4 Å². The topological polar surface area (TPSA) is 103 Å². The second kappa shape index (κ2) is 7.73. The lowest BCUT2D eigenvalue weighted by Gasteiger charge is -2.33. The number of aryl methyl sites for hydroxylation is 2. The van der Waals surface area contributed by atoms with Gasteiger partial charge in [0.2, 0.25) is 5.91 Å². The third-order valence-electron chi connectivity index (χ3n) is 5.02. The average Bonchev–Trinajstić information content (AvgIpc) is 2.66. The van der Waals surface area contributed by atoms with E-state index >= 15 is 0 Å². The third kappa shape index (κ3) is 3.77. The van der Waals surface area contributed by atoms with Crippen molar-refractivity contribution in [2.45, 2.75) is 39.2 Å². The lowest BCUT2D eigenvalue weighted by atomic mass is 10.0. The highest BCUT2D eigenvalue weighted by atomic mass is 16.5. The van der Waals surface area contributed by atoms with Crippen LogP contribution in [0.25, 0.3) is 10.9 Å². The van der Waals surface area contributed by atoms with E-state index in [0.717, 1.165) is 29.3 Å². The molecule has 3 rings (SSSR count). The van der Waals surface area contributed by atoms with Crippen molar-refractivity contribution in [1.29, 1.82) is 0 Å². The number of para-hydroxylation sites is 1. The molecular weight excluding hydrogens is 346 g/mol. The van der Waals surface area contributed by atoms with Crippen LogP contribution in [0.5, 0.6) is 0 Å². The quantitative estimate of drug-likeness (QED) is 0.829. The Bertz CT molecular complexity index is 909. The summed E-state index contributed by atoms with van der Waals surface area (Å²) in [6.07, 6.45) is 2.19. The number of amides is 2. The van der Waals surface area contributed by atoms with Crippen LogP contribution in [0.1, 0.15) is 40.9 Å². The maximum Gasteiger partial charge on any atom is 0.340 e. The summed E-state index contributed by atoms with van der Waals surface area (Å²) in [7, 11) is 0. The zero-order chi connectivity index (χ0) is 19.6. The van der Waals surface area contributed by atoms with Gasteiger partial charge in [-0.1, -0.05) is 18.2 Å². The van der Waals surface area contributed by atoms with Crippen LogP contribution >= 0.6 is 0 Å². The molecule has 1 aliphatic rings. The fraction of sp³-hybridized carbons (Fsp3) is 0.400. The van der Waals surface area contributed by atoms with Crippen molar-refractivity contribution in [3.05, 3.63) is 41.1 Å². The highest BCUT2D eigenvalue weighted by Gasteiger charge is 2.31. The van der Waals surface area contributed by atoms with E-state index in [9.17, 15) is 14.4 Å². The molecule has 0 radical (unpaired) electrons. The Morgan fingerprint density at radius 2 is 1.96 bits per heavy atom. The molecule has 2 heterocycles. The van der Waals surface area contributed by atoms with Crippen LogP contribution in [0.3, 0.4) is 0 Å². The van der Waals surface area contributed by atoms with Gasteiger partial charge in [-0.2, -0.15) is 0 Å². The van der Waals surface area contributed by atoms with E-state index in [1.165, 1.54) is 4.90 Å². The van der Waals surface area contributed by atoms with Gasteiger partial charge in [0.25, 0.3) is 5.91 Å².